The molecule has 3 rings (SSSR count). The first-order chi connectivity index (χ1) is 11.6. The van der Waals surface area contributed by atoms with Gasteiger partial charge in [-0.1, -0.05) is 12.1 Å². The fourth-order valence-corrected chi connectivity index (χ4v) is 2.71. The fraction of sp³-hybridized carbons (Fsp3) is 0.353. The average molecular weight is 361 g/mol. The minimum atomic E-state index is -4.64. The van der Waals surface area contributed by atoms with Crippen molar-refractivity contribution in [2.45, 2.75) is 24.7 Å². The number of hydrogen-bond acceptors (Lipinski definition) is 2. The van der Waals surface area contributed by atoms with Crippen LogP contribution in [0.5, 0.6) is 0 Å². The van der Waals surface area contributed by atoms with E-state index >= 15 is 0 Å². The summed E-state index contributed by atoms with van der Waals surface area (Å²) in [4.78, 5) is 3.59. The molecule has 8 heteroatoms. The van der Waals surface area contributed by atoms with Crippen molar-refractivity contribution in [1.82, 2.24) is 4.98 Å². The van der Waals surface area contributed by atoms with Crippen molar-refractivity contribution in [1.29, 1.82) is 0 Å². The van der Waals surface area contributed by atoms with Crippen LogP contribution in [-0.4, -0.2) is 18.2 Å². The number of rotatable bonds is 2. The highest BCUT2D eigenvalue weighted by molar-refractivity contribution is 5.61. The minimum Gasteiger partial charge on any atom is -0.381 e. The molecular weight excluding hydrogens is 348 g/mol. The Labute approximate surface area is 139 Å². The molecule has 0 aliphatic carbocycles. The summed E-state index contributed by atoms with van der Waals surface area (Å²) in [5.41, 5.74) is -1.32. The quantitative estimate of drug-likeness (QED) is 0.678. The van der Waals surface area contributed by atoms with Gasteiger partial charge in [0.25, 0.3) is 0 Å². The van der Waals surface area contributed by atoms with E-state index in [-0.39, 0.29) is 17.2 Å². The number of alkyl halides is 6. The first-order valence-corrected chi connectivity index (χ1v) is 7.49. The van der Waals surface area contributed by atoms with Gasteiger partial charge in [0, 0.05) is 18.1 Å². The Bertz CT molecular complexity index is 745. The van der Waals surface area contributed by atoms with Gasteiger partial charge in [-0.25, -0.2) is 4.98 Å². The zero-order chi connectivity index (χ0) is 18.2. The maximum atomic E-state index is 13.1. The van der Waals surface area contributed by atoms with Crippen LogP contribution in [0.3, 0.4) is 0 Å². The van der Waals surface area contributed by atoms with Gasteiger partial charge in [-0.2, -0.15) is 26.3 Å². The van der Waals surface area contributed by atoms with E-state index in [4.69, 9.17) is 4.74 Å². The number of benzene rings is 1. The molecule has 1 aromatic carbocycles. The second kappa shape index (κ2) is 6.33. The summed E-state index contributed by atoms with van der Waals surface area (Å²) in [5, 5.41) is 0. The van der Waals surface area contributed by atoms with Crippen molar-refractivity contribution >= 4 is 0 Å². The van der Waals surface area contributed by atoms with E-state index in [1.807, 2.05) is 0 Å². The monoisotopic (exact) mass is 361 g/mol. The standard InChI is InChI=1S/C17H13F6NO/c18-16(19,20)13-3-1-10(2-4-13)14-7-12(11-5-6-25-9-11)8-15(24-14)17(21,22)23/h1-4,7-8,11H,5-6,9H2. The van der Waals surface area contributed by atoms with E-state index in [2.05, 4.69) is 4.98 Å². The third kappa shape index (κ3) is 3.95. The summed E-state index contributed by atoms with van der Waals surface area (Å²) in [6.45, 7) is 0.776. The van der Waals surface area contributed by atoms with E-state index in [0.717, 1.165) is 30.3 Å². The predicted molar refractivity (Wildman–Crippen MR) is 77.9 cm³/mol. The number of nitrogens with zero attached hydrogens (tertiary/aromatic N) is 1. The van der Waals surface area contributed by atoms with Gasteiger partial charge in [0.15, 0.2) is 0 Å². The first-order valence-electron chi connectivity index (χ1n) is 7.49. The molecule has 2 nitrogen and oxygen atoms in total. The fourth-order valence-electron chi connectivity index (χ4n) is 2.71. The van der Waals surface area contributed by atoms with Crippen molar-refractivity contribution < 1.29 is 31.1 Å². The van der Waals surface area contributed by atoms with Gasteiger partial charge in [-0.05, 0) is 36.2 Å². The van der Waals surface area contributed by atoms with Gasteiger partial charge >= 0.3 is 12.4 Å². The van der Waals surface area contributed by atoms with Crippen LogP contribution >= 0.6 is 0 Å². The molecule has 1 fully saturated rings. The molecule has 2 heterocycles. The highest BCUT2D eigenvalue weighted by Gasteiger charge is 2.34. The number of hydrogen-bond donors (Lipinski definition) is 0. The third-order valence-corrected chi connectivity index (χ3v) is 4.05. The zero-order valence-electron chi connectivity index (χ0n) is 12.8. The second-order valence-electron chi connectivity index (χ2n) is 5.80. The third-order valence-electron chi connectivity index (χ3n) is 4.05. The maximum Gasteiger partial charge on any atom is 0.433 e. The Balaban J connectivity index is 2.03. The van der Waals surface area contributed by atoms with Crippen molar-refractivity contribution in [3.05, 3.63) is 53.2 Å². The molecular formula is C17H13F6NO. The van der Waals surface area contributed by atoms with Crippen molar-refractivity contribution in [2.75, 3.05) is 13.2 Å². The molecule has 1 saturated heterocycles. The molecule has 1 unspecified atom stereocenters. The van der Waals surface area contributed by atoms with Crippen molar-refractivity contribution in [3.63, 3.8) is 0 Å². The van der Waals surface area contributed by atoms with E-state index in [1.54, 1.807) is 0 Å². The van der Waals surface area contributed by atoms with Gasteiger partial charge in [0.1, 0.15) is 5.69 Å². The van der Waals surface area contributed by atoms with E-state index < -0.39 is 23.6 Å². The van der Waals surface area contributed by atoms with Gasteiger partial charge in [-0.3, -0.25) is 0 Å². The Morgan fingerprint density at radius 3 is 2.12 bits per heavy atom. The Hall–Kier alpha value is -2.09. The number of ether oxygens (including phenoxy) is 1. The van der Waals surface area contributed by atoms with Crippen LogP contribution in [0.4, 0.5) is 26.3 Å². The van der Waals surface area contributed by atoms with E-state index in [0.29, 0.717) is 25.2 Å². The van der Waals surface area contributed by atoms with Crippen LogP contribution in [0.25, 0.3) is 11.3 Å². The molecule has 0 radical (unpaired) electrons. The van der Waals surface area contributed by atoms with Crippen LogP contribution in [0.15, 0.2) is 36.4 Å². The summed E-state index contributed by atoms with van der Waals surface area (Å²) < 4.78 is 82.5. The highest BCUT2D eigenvalue weighted by Crippen LogP contribution is 2.36. The molecule has 0 bridgehead atoms. The van der Waals surface area contributed by atoms with Gasteiger partial charge in [-0.15, -0.1) is 0 Å². The second-order valence-corrected chi connectivity index (χ2v) is 5.80. The largest absolute Gasteiger partial charge is 0.433 e. The summed E-state index contributed by atoms with van der Waals surface area (Å²) in [5.74, 6) is -0.183. The molecule has 1 atom stereocenters. The Morgan fingerprint density at radius 1 is 0.920 bits per heavy atom. The van der Waals surface area contributed by atoms with Gasteiger partial charge in [0.05, 0.1) is 17.9 Å². The molecule has 2 aromatic rings. The lowest BCUT2D eigenvalue weighted by Crippen LogP contribution is -2.11. The Morgan fingerprint density at radius 2 is 1.60 bits per heavy atom. The lowest BCUT2D eigenvalue weighted by Gasteiger charge is -2.15. The summed E-state index contributed by atoms with van der Waals surface area (Å²) in [6.07, 6.45) is -8.56. The molecule has 0 spiro atoms. The molecule has 25 heavy (non-hydrogen) atoms. The van der Waals surface area contributed by atoms with Crippen LogP contribution in [0.2, 0.25) is 0 Å². The molecule has 134 valence electrons. The summed E-state index contributed by atoms with van der Waals surface area (Å²) in [7, 11) is 0. The SMILES string of the molecule is FC(F)(F)c1ccc(-c2cc(C3CCOC3)cc(C(F)(F)F)n2)cc1. The van der Waals surface area contributed by atoms with Crippen LogP contribution < -0.4 is 0 Å². The first kappa shape index (κ1) is 17.7. The summed E-state index contributed by atoms with van der Waals surface area (Å²) in [6, 6.07) is 6.37. The molecule has 0 N–H and O–H groups in total. The minimum absolute atomic E-state index is 0.00884. The lowest BCUT2D eigenvalue weighted by atomic mass is 9.96. The molecule has 1 aliphatic rings. The number of pyridine rings is 1. The van der Waals surface area contributed by atoms with Crippen LogP contribution in [-0.2, 0) is 17.1 Å². The molecule has 1 aromatic heterocycles. The van der Waals surface area contributed by atoms with Crippen molar-refractivity contribution in [2.24, 2.45) is 0 Å². The molecule has 0 amide bonds. The van der Waals surface area contributed by atoms with Crippen molar-refractivity contribution in [3.8, 4) is 11.3 Å². The topological polar surface area (TPSA) is 22.1 Å². The molecule has 1 aliphatic heterocycles. The number of halogens is 6. The zero-order valence-corrected chi connectivity index (χ0v) is 12.8. The average Bonchev–Trinajstić information content (AvgIpc) is 3.07. The molecule has 0 saturated carbocycles. The van der Waals surface area contributed by atoms with Crippen LogP contribution in [0, 0.1) is 0 Å². The van der Waals surface area contributed by atoms with E-state index in [1.165, 1.54) is 6.07 Å². The van der Waals surface area contributed by atoms with E-state index in [9.17, 15) is 26.3 Å². The normalized spacial score (nSPS) is 18.6. The predicted octanol–water partition coefficient (Wildman–Crippen LogP) is 5.29. The Kier molecular flexibility index (Phi) is 4.49. The van der Waals surface area contributed by atoms with Gasteiger partial charge < -0.3 is 4.74 Å². The smallest absolute Gasteiger partial charge is 0.381 e. The highest BCUT2D eigenvalue weighted by atomic mass is 19.4. The van der Waals surface area contributed by atoms with Crippen LogP contribution in [0.1, 0.15) is 29.2 Å². The van der Waals surface area contributed by atoms with Gasteiger partial charge in [0.2, 0.25) is 0 Å². The summed E-state index contributed by atoms with van der Waals surface area (Å²) >= 11 is 0. The number of aromatic nitrogens is 1. The lowest BCUT2D eigenvalue weighted by molar-refractivity contribution is -0.141. The maximum absolute atomic E-state index is 13.1.